The third-order valence-electron chi connectivity index (χ3n) is 4.71. The summed E-state index contributed by atoms with van der Waals surface area (Å²) in [7, 11) is 0. The number of amides is 2. The molecule has 0 spiro atoms. The molecule has 1 saturated heterocycles. The van der Waals surface area contributed by atoms with Crippen molar-refractivity contribution in [3.8, 4) is 5.69 Å². The Bertz CT molecular complexity index is 794. The Labute approximate surface area is 175 Å². The van der Waals surface area contributed by atoms with E-state index in [-0.39, 0.29) is 30.3 Å². The minimum Gasteiger partial charge on any atom is -0.354 e. The lowest BCUT2D eigenvalue weighted by molar-refractivity contribution is -0.121. The maximum Gasteiger partial charge on any atom is 0.257 e. The predicted molar refractivity (Wildman–Crippen MR) is 111 cm³/mol. The van der Waals surface area contributed by atoms with Crippen molar-refractivity contribution in [2.24, 2.45) is 5.73 Å². The predicted octanol–water partition coefficient (Wildman–Crippen LogP) is 2.41. The summed E-state index contributed by atoms with van der Waals surface area (Å²) in [6.45, 7) is 1.46. The molecule has 1 fully saturated rings. The van der Waals surface area contributed by atoms with Gasteiger partial charge in [-0.15, -0.1) is 12.4 Å². The number of benzene rings is 1. The first-order valence-corrected chi connectivity index (χ1v) is 9.54. The van der Waals surface area contributed by atoms with Gasteiger partial charge < -0.3 is 16.0 Å². The van der Waals surface area contributed by atoms with Gasteiger partial charge in [0.1, 0.15) is 0 Å². The van der Waals surface area contributed by atoms with Crippen LogP contribution in [0.4, 0.5) is 0 Å². The van der Waals surface area contributed by atoms with Gasteiger partial charge in [-0.05, 0) is 43.5 Å². The van der Waals surface area contributed by atoms with Gasteiger partial charge in [0.15, 0.2) is 0 Å². The van der Waals surface area contributed by atoms with E-state index in [1.165, 1.54) is 0 Å². The molecule has 152 valence electrons. The van der Waals surface area contributed by atoms with Crippen LogP contribution in [0.2, 0.25) is 5.02 Å². The fourth-order valence-electron chi connectivity index (χ4n) is 3.27. The third kappa shape index (κ3) is 5.47. The van der Waals surface area contributed by atoms with E-state index in [1.807, 2.05) is 17.0 Å². The van der Waals surface area contributed by atoms with Gasteiger partial charge in [0.25, 0.3) is 5.91 Å². The van der Waals surface area contributed by atoms with Crippen LogP contribution in [0.1, 0.15) is 36.0 Å². The average Bonchev–Trinajstić information content (AvgIpc) is 3.17. The Hall–Kier alpha value is -2.09. The molecule has 2 heterocycles. The fraction of sp³-hybridized carbons (Fsp3) is 0.421. The molecule has 1 aliphatic rings. The number of rotatable bonds is 6. The van der Waals surface area contributed by atoms with Gasteiger partial charge in [-0.2, -0.15) is 5.10 Å². The second-order valence-corrected chi connectivity index (χ2v) is 7.08. The molecule has 0 bridgehead atoms. The zero-order valence-electron chi connectivity index (χ0n) is 15.5. The quantitative estimate of drug-likeness (QED) is 0.742. The zero-order chi connectivity index (χ0) is 19.2. The zero-order valence-corrected chi connectivity index (χ0v) is 17.1. The summed E-state index contributed by atoms with van der Waals surface area (Å²) in [6, 6.07) is 7.25. The summed E-state index contributed by atoms with van der Waals surface area (Å²) >= 11 is 5.92. The van der Waals surface area contributed by atoms with E-state index >= 15 is 0 Å². The highest BCUT2D eigenvalue weighted by Gasteiger charge is 2.28. The molecule has 1 aromatic carbocycles. The van der Waals surface area contributed by atoms with Crippen molar-refractivity contribution in [1.29, 1.82) is 0 Å². The van der Waals surface area contributed by atoms with E-state index in [4.69, 9.17) is 17.3 Å². The lowest BCUT2D eigenvalue weighted by Crippen LogP contribution is -2.49. The highest BCUT2D eigenvalue weighted by atomic mass is 35.5. The molecule has 1 atom stereocenters. The number of halogens is 2. The van der Waals surface area contributed by atoms with Gasteiger partial charge in [-0.1, -0.05) is 11.6 Å². The number of carbonyl (C=O) groups excluding carboxylic acids is 2. The highest BCUT2D eigenvalue weighted by Crippen LogP contribution is 2.20. The molecule has 1 aromatic heterocycles. The van der Waals surface area contributed by atoms with Gasteiger partial charge >= 0.3 is 0 Å². The number of carbonyl (C=O) groups is 2. The van der Waals surface area contributed by atoms with Crippen molar-refractivity contribution in [1.82, 2.24) is 20.0 Å². The number of nitrogens with zero attached hydrogens (tertiary/aromatic N) is 3. The summed E-state index contributed by atoms with van der Waals surface area (Å²) in [4.78, 5) is 26.5. The smallest absolute Gasteiger partial charge is 0.257 e. The van der Waals surface area contributed by atoms with E-state index in [0.717, 1.165) is 24.9 Å². The molecule has 2 amide bonds. The van der Waals surface area contributed by atoms with Gasteiger partial charge in [-0.25, -0.2) is 4.68 Å². The molecule has 1 aliphatic heterocycles. The van der Waals surface area contributed by atoms with Crippen molar-refractivity contribution in [2.45, 2.75) is 31.7 Å². The SMILES string of the molecule is Cl.NCCC(=O)NCC1CCCCN1C(=O)c1cnn(-c2ccc(Cl)cc2)c1. The second-order valence-electron chi connectivity index (χ2n) is 6.64. The monoisotopic (exact) mass is 425 g/mol. The number of likely N-dealkylation sites (tertiary alicyclic amines) is 1. The van der Waals surface area contributed by atoms with E-state index < -0.39 is 0 Å². The number of piperidine rings is 1. The van der Waals surface area contributed by atoms with Crippen LogP contribution >= 0.6 is 24.0 Å². The lowest BCUT2D eigenvalue weighted by Gasteiger charge is -2.35. The van der Waals surface area contributed by atoms with Crippen LogP contribution in [-0.4, -0.2) is 52.2 Å². The molecule has 0 radical (unpaired) electrons. The number of hydrogen-bond acceptors (Lipinski definition) is 4. The van der Waals surface area contributed by atoms with Crippen molar-refractivity contribution in [2.75, 3.05) is 19.6 Å². The average molecular weight is 426 g/mol. The van der Waals surface area contributed by atoms with E-state index in [2.05, 4.69) is 10.4 Å². The molecule has 7 nitrogen and oxygen atoms in total. The van der Waals surface area contributed by atoms with Gasteiger partial charge in [0, 0.05) is 43.3 Å². The van der Waals surface area contributed by atoms with Crippen molar-refractivity contribution in [3.05, 3.63) is 47.2 Å². The van der Waals surface area contributed by atoms with E-state index in [9.17, 15) is 9.59 Å². The van der Waals surface area contributed by atoms with Crippen LogP contribution in [0.15, 0.2) is 36.7 Å². The van der Waals surface area contributed by atoms with Crippen LogP contribution in [0.5, 0.6) is 0 Å². The Morgan fingerprint density at radius 2 is 2.00 bits per heavy atom. The Morgan fingerprint density at radius 3 is 2.71 bits per heavy atom. The topological polar surface area (TPSA) is 93.2 Å². The van der Waals surface area contributed by atoms with Gasteiger partial charge in [0.2, 0.25) is 5.91 Å². The normalized spacial score (nSPS) is 16.4. The Morgan fingerprint density at radius 1 is 1.25 bits per heavy atom. The molecular weight excluding hydrogens is 401 g/mol. The Balaban J connectivity index is 0.00000280. The molecule has 0 saturated carbocycles. The number of aromatic nitrogens is 2. The van der Waals surface area contributed by atoms with Crippen molar-refractivity contribution >= 4 is 35.8 Å². The minimum absolute atomic E-state index is 0. The molecular formula is C19H25Cl2N5O2. The van der Waals surface area contributed by atoms with Crippen LogP contribution in [0.25, 0.3) is 5.69 Å². The maximum atomic E-state index is 13.0. The van der Waals surface area contributed by atoms with Crippen LogP contribution in [0.3, 0.4) is 0 Å². The molecule has 0 aliphatic carbocycles. The Kier molecular flexibility index (Phi) is 8.29. The second kappa shape index (κ2) is 10.5. The highest BCUT2D eigenvalue weighted by molar-refractivity contribution is 6.30. The van der Waals surface area contributed by atoms with E-state index in [0.29, 0.717) is 36.6 Å². The fourth-order valence-corrected chi connectivity index (χ4v) is 3.39. The summed E-state index contributed by atoms with van der Waals surface area (Å²) in [5, 5.41) is 7.83. The van der Waals surface area contributed by atoms with Crippen LogP contribution in [0, 0.1) is 0 Å². The molecule has 9 heteroatoms. The standard InChI is InChI=1S/C19H24ClN5O2.ClH/c20-15-4-6-16(7-5-15)25-13-14(11-23-25)19(27)24-10-2-1-3-17(24)12-22-18(26)8-9-21;/h4-7,11,13,17H,1-3,8-10,12,21H2,(H,22,26);1H. The molecule has 2 aromatic rings. The van der Waals surface area contributed by atoms with Crippen LogP contribution in [-0.2, 0) is 4.79 Å². The first-order chi connectivity index (χ1) is 13.1. The maximum absolute atomic E-state index is 13.0. The van der Waals surface area contributed by atoms with Gasteiger partial charge in [-0.3, -0.25) is 9.59 Å². The first-order valence-electron chi connectivity index (χ1n) is 9.17. The van der Waals surface area contributed by atoms with Gasteiger partial charge in [0.05, 0.1) is 17.4 Å². The minimum atomic E-state index is -0.0777. The lowest BCUT2D eigenvalue weighted by atomic mass is 10.0. The molecule has 1 unspecified atom stereocenters. The summed E-state index contributed by atoms with van der Waals surface area (Å²) < 4.78 is 1.66. The number of hydrogen-bond donors (Lipinski definition) is 2. The first kappa shape index (κ1) is 22.2. The summed E-state index contributed by atoms with van der Waals surface area (Å²) in [6.07, 6.45) is 6.49. The molecule has 3 N–H and O–H groups in total. The largest absolute Gasteiger partial charge is 0.354 e. The molecule has 3 rings (SSSR count). The summed E-state index contributed by atoms with van der Waals surface area (Å²) in [5.41, 5.74) is 6.77. The third-order valence-corrected chi connectivity index (χ3v) is 4.97. The number of nitrogens with one attached hydrogen (secondary N) is 1. The summed E-state index contributed by atoms with van der Waals surface area (Å²) in [5.74, 6) is -0.140. The number of nitrogens with two attached hydrogens (primary N) is 1. The molecule has 28 heavy (non-hydrogen) atoms. The van der Waals surface area contributed by atoms with Crippen LogP contribution < -0.4 is 11.1 Å². The van der Waals surface area contributed by atoms with Crippen molar-refractivity contribution in [3.63, 3.8) is 0 Å². The van der Waals surface area contributed by atoms with E-state index in [1.54, 1.807) is 29.2 Å². The van der Waals surface area contributed by atoms with Crippen molar-refractivity contribution < 1.29 is 9.59 Å².